The molecule has 1 aromatic rings. The highest BCUT2D eigenvalue weighted by molar-refractivity contribution is 6.60. The molecule has 1 aromatic carbocycles. The van der Waals surface area contributed by atoms with E-state index in [0.717, 1.165) is 12.8 Å². The maximum atomic E-state index is 12.3. The maximum Gasteiger partial charge on any atom is 0.491 e. The van der Waals surface area contributed by atoms with Crippen LogP contribution in [0.25, 0.3) is 0 Å². The molecule has 0 radical (unpaired) electrons. The van der Waals surface area contributed by atoms with Crippen molar-refractivity contribution in [3.63, 3.8) is 0 Å². The van der Waals surface area contributed by atoms with E-state index < -0.39 is 18.3 Å². The summed E-state index contributed by atoms with van der Waals surface area (Å²) in [6, 6.07) is 5.48. The largest absolute Gasteiger partial charge is 0.491 e. The minimum absolute atomic E-state index is 0.124. The summed E-state index contributed by atoms with van der Waals surface area (Å²) in [6.45, 7) is 8.49. The number of hydrogen-bond donors (Lipinski definition) is 3. The third-order valence-electron chi connectivity index (χ3n) is 4.68. The first-order valence-electron chi connectivity index (χ1n) is 8.01. The van der Waals surface area contributed by atoms with Crippen LogP contribution in [0.15, 0.2) is 18.2 Å². The molecular weight excluding hydrogens is 293 g/mol. The first-order valence-corrected chi connectivity index (χ1v) is 8.01. The molecule has 5 nitrogen and oxygen atoms in total. The summed E-state index contributed by atoms with van der Waals surface area (Å²) in [4.78, 5) is 12.3. The fourth-order valence-electron chi connectivity index (χ4n) is 2.14. The van der Waals surface area contributed by atoms with Gasteiger partial charge in [-0.3, -0.25) is 4.79 Å². The SMILES string of the molecule is Cc1c(B(O)OC(C)(C)C(C)(C)O)cccc1C(=O)NC1CC1. The van der Waals surface area contributed by atoms with Crippen LogP contribution in [0.1, 0.15) is 56.5 Å². The summed E-state index contributed by atoms with van der Waals surface area (Å²) in [6.07, 6.45) is 2.05. The Balaban J connectivity index is 2.20. The normalized spacial score (nSPS) is 15.4. The van der Waals surface area contributed by atoms with Crippen LogP contribution in [0.3, 0.4) is 0 Å². The van der Waals surface area contributed by atoms with E-state index in [2.05, 4.69) is 5.32 Å². The van der Waals surface area contributed by atoms with Crippen LogP contribution in [0, 0.1) is 6.92 Å². The summed E-state index contributed by atoms with van der Waals surface area (Å²) < 4.78 is 5.67. The molecule has 126 valence electrons. The number of hydrogen-bond acceptors (Lipinski definition) is 4. The van der Waals surface area contributed by atoms with Gasteiger partial charge in [0, 0.05) is 11.6 Å². The number of benzene rings is 1. The molecule has 0 heterocycles. The molecule has 0 bridgehead atoms. The number of carbonyl (C=O) groups is 1. The standard InChI is InChI=1S/C17H26BNO4/c1-11-13(15(20)19-12-9-10-12)7-6-8-14(11)18(22)23-17(4,5)16(2,3)21/h6-8,12,21-22H,9-10H2,1-5H3,(H,19,20). The van der Waals surface area contributed by atoms with Crippen LogP contribution in [0.4, 0.5) is 0 Å². The van der Waals surface area contributed by atoms with Gasteiger partial charge in [0.25, 0.3) is 5.91 Å². The smallest absolute Gasteiger partial charge is 0.423 e. The molecule has 1 amide bonds. The first-order chi connectivity index (χ1) is 10.5. The van der Waals surface area contributed by atoms with Crippen molar-refractivity contribution in [2.45, 2.75) is 64.7 Å². The molecule has 1 saturated carbocycles. The molecule has 0 saturated heterocycles. The first kappa shape index (κ1) is 18.0. The van der Waals surface area contributed by atoms with Crippen molar-refractivity contribution in [2.24, 2.45) is 0 Å². The van der Waals surface area contributed by atoms with Crippen molar-refractivity contribution in [1.29, 1.82) is 0 Å². The van der Waals surface area contributed by atoms with Crippen molar-refractivity contribution in [2.75, 3.05) is 0 Å². The summed E-state index contributed by atoms with van der Waals surface area (Å²) in [7, 11) is -1.22. The Morgan fingerprint density at radius 3 is 2.43 bits per heavy atom. The van der Waals surface area contributed by atoms with Gasteiger partial charge in [-0.25, -0.2) is 0 Å². The predicted molar refractivity (Wildman–Crippen MR) is 90.7 cm³/mol. The van der Waals surface area contributed by atoms with Crippen molar-refractivity contribution in [3.8, 4) is 0 Å². The number of rotatable bonds is 6. The van der Waals surface area contributed by atoms with E-state index in [1.54, 1.807) is 52.8 Å². The van der Waals surface area contributed by atoms with Gasteiger partial charge in [-0.05, 0) is 64.6 Å². The van der Waals surface area contributed by atoms with Gasteiger partial charge in [0.2, 0.25) is 0 Å². The Morgan fingerprint density at radius 2 is 1.91 bits per heavy atom. The zero-order valence-electron chi connectivity index (χ0n) is 14.5. The second kappa shape index (κ2) is 6.26. The fourth-order valence-corrected chi connectivity index (χ4v) is 2.14. The van der Waals surface area contributed by atoms with Gasteiger partial charge in [-0.1, -0.05) is 12.1 Å². The van der Waals surface area contributed by atoms with Crippen LogP contribution in [-0.2, 0) is 4.65 Å². The topological polar surface area (TPSA) is 78.8 Å². The average molecular weight is 319 g/mol. The molecule has 0 aliphatic heterocycles. The molecule has 0 aromatic heterocycles. The number of carbonyl (C=O) groups excluding carboxylic acids is 1. The predicted octanol–water partition coefficient (Wildman–Crippen LogP) is 1.14. The molecule has 2 rings (SSSR count). The van der Waals surface area contributed by atoms with E-state index >= 15 is 0 Å². The van der Waals surface area contributed by atoms with E-state index in [0.29, 0.717) is 16.6 Å². The molecule has 0 unspecified atom stereocenters. The number of amides is 1. The van der Waals surface area contributed by atoms with Gasteiger partial charge >= 0.3 is 7.12 Å². The minimum atomic E-state index is -1.22. The third-order valence-corrected chi connectivity index (χ3v) is 4.68. The average Bonchev–Trinajstić information content (AvgIpc) is 3.20. The minimum Gasteiger partial charge on any atom is -0.423 e. The van der Waals surface area contributed by atoms with E-state index in [4.69, 9.17) is 4.65 Å². The fraction of sp³-hybridized carbons (Fsp3) is 0.588. The molecule has 1 aliphatic carbocycles. The molecule has 23 heavy (non-hydrogen) atoms. The molecule has 1 aliphatic rings. The second-order valence-electron chi connectivity index (χ2n) is 7.31. The Kier molecular flexibility index (Phi) is 4.90. The van der Waals surface area contributed by atoms with Crippen LogP contribution in [0.5, 0.6) is 0 Å². The van der Waals surface area contributed by atoms with Gasteiger partial charge in [0.05, 0.1) is 11.2 Å². The van der Waals surface area contributed by atoms with Crippen molar-refractivity contribution < 1.29 is 19.6 Å². The summed E-state index contributed by atoms with van der Waals surface area (Å²) in [5, 5.41) is 23.5. The second-order valence-corrected chi connectivity index (χ2v) is 7.31. The van der Waals surface area contributed by atoms with Crippen molar-refractivity contribution in [3.05, 3.63) is 29.3 Å². The van der Waals surface area contributed by atoms with E-state index in [9.17, 15) is 14.9 Å². The van der Waals surface area contributed by atoms with Crippen LogP contribution in [0.2, 0.25) is 0 Å². The number of nitrogens with one attached hydrogen (secondary N) is 1. The third kappa shape index (κ3) is 4.13. The van der Waals surface area contributed by atoms with E-state index in [-0.39, 0.29) is 11.9 Å². The Hall–Kier alpha value is -1.37. The molecule has 3 N–H and O–H groups in total. The van der Waals surface area contributed by atoms with E-state index in [1.807, 2.05) is 0 Å². The quantitative estimate of drug-likeness (QED) is 0.687. The van der Waals surface area contributed by atoms with Crippen molar-refractivity contribution >= 4 is 18.5 Å². The summed E-state index contributed by atoms with van der Waals surface area (Å²) >= 11 is 0. The van der Waals surface area contributed by atoms with E-state index in [1.165, 1.54) is 0 Å². The Labute approximate surface area is 138 Å². The highest BCUT2D eigenvalue weighted by Gasteiger charge is 2.40. The lowest BCUT2D eigenvalue weighted by atomic mass is 9.73. The molecule has 0 atom stereocenters. The lowest BCUT2D eigenvalue weighted by molar-refractivity contribution is -0.0982. The lowest BCUT2D eigenvalue weighted by Crippen LogP contribution is -2.53. The molecule has 6 heteroatoms. The van der Waals surface area contributed by atoms with Crippen LogP contribution >= 0.6 is 0 Å². The zero-order valence-corrected chi connectivity index (χ0v) is 14.5. The van der Waals surface area contributed by atoms with Gasteiger partial charge in [0.15, 0.2) is 0 Å². The summed E-state index contributed by atoms with van der Waals surface area (Å²) in [5.74, 6) is -0.124. The van der Waals surface area contributed by atoms with Gasteiger partial charge in [0.1, 0.15) is 0 Å². The Morgan fingerprint density at radius 1 is 1.30 bits per heavy atom. The molecular formula is C17H26BNO4. The summed E-state index contributed by atoms with van der Waals surface area (Å²) in [5.41, 5.74) is -0.317. The highest BCUT2D eigenvalue weighted by atomic mass is 16.5. The van der Waals surface area contributed by atoms with Gasteiger partial charge in [-0.15, -0.1) is 0 Å². The zero-order chi connectivity index (χ0) is 17.4. The lowest BCUT2D eigenvalue weighted by Gasteiger charge is -2.38. The van der Waals surface area contributed by atoms with Crippen LogP contribution < -0.4 is 10.8 Å². The molecule has 0 spiro atoms. The highest BCUT2D eigenvalue weighted by Crippen LogP contribution is 2.25. The van der Waals surface area contributed by atoms with Crippen LogP contribution in [-0.4, -0.2) is 40.4 Å². The maximum absolute atomic E-state index is 12.3. The van der Waals surface area contributed by atoms with Gasteiger partial charge in [-0.2, -0.15) is 0 Å². The van der Waals surface area contributed by atoms with Crippen molar-refractivity contribution in [1.82, 2.24) is 5.32 Å². The number of aliphatic hydroxyl groups is 1. The van der Waals surface area contributed by atoms with Gasteiger partial charge < -0.3 is 20.1 Å². The Bertz CT molecular complexity index is 591. The molecule has 1 fully saturated rings. The monoisotopic (exact) mass is 319 g/mol.